The third-order valence-electron chi connectivity index (χ3n) is 20.1. The fraction of sp³-hybridized carbons (Fsp3) is 0.152. The van der Waals surface area contributed by atoms with E-state index in [0.717, 1.165) is 57.5 Å². The van der Waals surface area contributed by atoms with Crippen LogP contribution >= 0.6 is 0 Å². The second-order valence-corrected chi connectivity index (χ2v) is 27.9. The van der Waals surface area contributed by atoms with Crippen LogP contribution in [0.4, 0.5) is 34.1 Å². The molecule has 0 atom stereocenters. The Morgan fingerprint density at radius 2 is 0.701 bits per heavy atom. The maximum absolute atomic E-state index is 10.1. The Hall–Kier alpha value is -10.9. The van der Waals surface area contributed by atoms with Crippen molar-refractivity contribution in [2.24, 2.45) is 0 Å². The van der Waals surface area contributed by atoms with E-state index in [1.54, 1.807) is 24.3 Å². The van der Waals surface area contributed by atoms with Gasteiger partial charge in [0.25, 0.3) is 6.71 Å². The number of rotatable bonds is 9. The second-order valence-electron chi connectivity index (χ2n) is 27.9. The number of anilines is 6. The molecule has 3 aliphatic rings. The van der Waals surface area contributed by atoms with Crippen molar-refractivity contribution < 1.29 is 36.2 Å². The van der Waals surface area contributed by atoms with E-state index < -0.39 is 138 Å². The summed E-state index contributed by atoms with van der Waals surface area (Å²) in [6.07, 6.45) is 3.93. The Morgan fingerprint density at radius 3 is 1.08 bits per heavy atom. The van der Waals surface area contributed by atoms with Crippen LogP contribution in [0, 0.1) is 0 Å². The van der Waals surface area contributed by atoms with E-state index in [2.05, 4.69) is 24.3 Å². The van der Waals surface area contributed by atoms with Gasteiger partial charge in [0, 0.05) is 66.5 Å². The van der Waals surface area contributed by atoms with Gasteiger partial charge in [-0.3, -0.25) is 0 Å². The molecule has 15 aromatic rings. The van der Waals surface area contributed by atoms with Gasteiger partial charge < -0.3 is 18.6 Å². The minimum atomic E-state index is -0.874. The van der Waals surface area contributed by atoms with E-state index in [1.165, 1.54) is 0 Å². The molecular weight excluding hydrogens is 1180 g/mol. The van der Waals surface area contributed by atoms with Crippen molar-refractivity contribution in [1.82, 2.24) is 0 Å². The average molecular weight is 1270 g/mol. The lowest BCUT2D eigenvalue weighted by Crippen LogP contribution is -2.61. The van der Waals surface area contributed by atoms with Gasteiger partial charge >= 0.3 is 0 Å². The summed E-state index contributed by atoms with van der Waals surface area (Å²) >= 11 is 0. The molecule has 0 radical (unpaired) electrons. The molecule has 0 unspecified atom stereocenters. The molecule has 13 aromatic carbocycles. The highest BCUT2D eigenvalue weighted by Gasteiger charge is 2.46. The number of benzene rings is 13. The molecule has 0 spiro atoms. The summed E-state index contributed by atoms with van der Waals surface area (Å²) in [7, 11) is 0. The van der Waals surface area contributed by atoms with Crippen molar-refractivity contribution in [1.29, 1.82) is 0 Å². The van der Waals surface area contributed by atoms with Gasteiger partial charge in [-0.25, -0.2) is 0 Å². The van der Waals surface area contributed by atoms with Crippen LogP contribution in [0.2, 0.25) is 0 Å². The van der Waals surface area contributed by atoms with Crippen molar-refractivity contribution in [3.8, 4) is 66.8 Å². The van der Waals surface area contributed by atoms with Gasteiger partial charge in [-0.15, -0.1) is 0 Å². The van der Waals surface area contributed by atoms with Crippen molar-refractivity contribution in [3.63, 3.8) is 0 Å². The van der Waals surface area contributed by atoms with Crippen molar-refractivity contribution in [2.45, 2.75) is 90.4 Å². The number of hydrogen-bond donors (Lipinski definition) is 0. The Bertz CT molecular complexity index is 6200. The van der Waals surface area contributed by atoms with Crippen LogP contribution in [0.3, 0.4) is 0 Å². The minimum absolute atomic E-state index is 0.0453. The van der Waals surface area contributed by atoms with Gasteiger partial charge in [0.2, 0.25) is 0 Å². The van der Waals surface area contributed by atoms with Crippen LogP contribution in [0.5, 0.6) is 0 Å². The number of nitrogens with zero attached hydrogens (tertiary/aromatic N) is 2. The summed E-state index contributed by atoms with van der Waals surface area (Å²) in [5, 5.41) is 3.39. The van der Waals surface area contributed by atoms with Gasteiger partial charge in [-0.05, 0) is 192 Å². The predicted octanol–water partition coefficient (Wildman–Crippen LogP) is 24.2. The Kier molecular flexibility index (Phi) is 9.73. The molecule has 5 heteroatoms. The van der Waals surface area contributed by atoms with Crippen LogP contribution in [0.15, 0.2) is 287 Å². The Balaban J connectivity index is 1.08. The summed E-state index contributed by atoms with van der Waals surface area (Å²) in [5.74, 6) is -0.218. The third kappa shape index (κ3) is 9.95. The average Bonchev–Trinajstić information content (AvgIpc) is 1.18. The second kappa shape index (κ2) is 22.9. The molecule has 468 valence electrons. The smallest absolute Gasteiger partial charge is 0.252 e. The summed E-state index contributed by atoms with van der Waals surface area (Å²) in [6.45, 7) is 10.7. The lowest BCUT2D eigenvalue weighted by Gasteiger charge is -2.46. The molecule has 1 fully saturated rings. The molecule has 0 saturated heterocycles. The third-order valence-corrected chi connectivity index (χ3v) is 20.1. The topological polar surface area (TPSA) is 32.8 Å². The predicted molar refractivity (Wildman–Crippen MR) is 411 cm³/mol. The standard InChI is InChI=1S/C92H75BN2O2/c1-91(2,3)68-54-72(59-28-14-8-15-29-59)89(73(55-68)60-30-16-9-17-31-60)94-80-50-65(63-42-46-86-76(48-63)70-36-22-24-38-84(70)96-86)40-44-78(80)93-79-45-41-66(64-43-47-87-77(49-64)71-37-23-25-39-85(71)97-87)51-81(79)95(83-53-67(52-82(94)88(83)93)58-26-12-7-13-27-58)90-74(61-32-18-10-19-33-61)56-69(92(4,5)6)57-75(90)62-34-20-11-21-35-62/h8-11,14-25,28-58H,7,12-13,26-27H2,1-6H3/i8D,9D,10D,11D,14D,15D,16D,17D,18D,19D,20D,21D,28D,29D,30D,31D,32D,33D,34D,35D. The number of furan rings is 2. The van der Waals surface area contributed by atoms with Crippen LogP contribution in [0.1, 0.15) is 124 Å². The van der Waals surface area contributed by atoms with Crippen molar-refractivity contribution in [2.75, 3.05) is 9.80 Å². The fourth-order valence-electron chi connectivity index (χ4n) is 15.3. The Morgan fingerprint density at radius 1 is 0.351 bits per heavy atom. The van der Waals surface area contributed by atoms with Gasteiger partial charge in [0.15, 0.2) is 0 Å². The number of fused-ring (bicyclic) bond motifs is 10. The highest BCUT2D eigenvalue weighted by molar-refractivity contribution is 7.00. The van der Waals surface area contributed by atoms with Gasteiger partial charge in [-0.2, -0.15) is 0 Å². The minimum Gasteiger partial charge on any atom is -0.456 e. The Labute approximate surface area is 597 Å². The van der Waals surface area contributed by atoms with E-state index in [0.29, 0.717) is 96.6 Å². The van der Waals surface area contributed by atoms with E-state index in [4.69, 9.17) is 14.3 Å². The van der Waals surface area contributed by atoms with Crippen LogP contribution < -0.4 is 26.2 Å². The molecule has 4 heterocycles. The van der Waals surface area contributed by atoms with Crippen LogP contribution in [-0.4, -0.2) is 6.71 Å². The first-order valence-electron chi connectivity index (χ1n) is 43.2. The molecule has 0 bridgehead atoms. The largest absolute Gasteiger partial charge is 0.456 e. The zero-order valence-corrected chi connectivity index (χ0v) is 54.4. The monoisotopic (exact) mass is 1270 g/mol. The fourth-order valence-corrected chi connectivity index (χ4v) is 15.3. The normalized spacial score (nSPS) is 16.9. The number of para-hydroxylation sites is 2. The highest BCUT2D eigenvalue weighted by atomic mass is 16.3. The van der Waals surface area contributed by atoms with E-state index in [-0.39, 0.29) is 61.8 Å². The molecular formula is C92H75BN2O2. The summed E-state index contributed by atoms with van der Waals surface area (Å²) < 4.78 is 206. The lowest BCUT2D eigenvalue weighted by atomic mass is 9.33. The number of hydrogen-bond acceptors (Lipinski definition) is 4. The van der Waals surface area contributed by atoms with Crippen molar-refractivity contribution in [3.05, 3.63) is 295 Å². The summed E-state index contributed by atoms with van der Waals surface area (Å²) in [6, 6.07) is 38.2. The maximum atomic E-state index is 10.1. The molecule has 97 heavy (non-hydrogen) atoms. The zero-order valence-electron chi connectivity index (χ0n) is 74.4. The van der Waals surface area contributed by atoms with Gasteiger partial charge in [0.05, 0.1) is 38.8 Å². The zero-order chi connectivity index (χ0) is 82.7. The molecule has 0 N–H and O–H groups in total. The SMILES string of the molecule is [2H]c1c([2H])c([2H])c(-c2cc(C(C)(C)C)cc(-c3c([2H])c([2H])c([2H])c([2H])c3[2H])c2N2c3cc(-c4ccc5oc6ccccc6c5c4)ccc3B3c4ccc(-c5ccc6oc7ccccc7c6c5)cc4N(c4c(-c5c([2H])c([2H])c([2H])c([2H])c5[2H])cc(C(C)(C)C)cc4-c4c([2H])c([2H])c([2H])c([2H])c4[2H])c4cc(C5CCCCC5)cc2c43)c([2H])c1[2H]. The first-order chi connectivity index (χ1) is 55.6. The molecule has 1 saturated carbocycles. The van der Waals surface area contributed by atoms with Gasteiger partial charge in [-0.1, -0.05) is 254 Å². The molecule has 2 aromatic heterocycles. The van der Waals surface area contributed by atoms with Crippen molar-refractivity contribution >= 4 is 101 Å². The molecule has 4 nitrogen and oxygen atoms in total. The van der Waals surface area contributed by atoms with Crippen LogP contribution in [0.25, 0.3) is 111 Å². The summed E-state index contributed by atoms with van der Waals surface area (Å²) in [4.78, 5) is 3.92. The quantitative estimate of drug-likeness (QED) is 0.135. The van der Waals surface area contributed by atoms with Crippen LogP contribution in [-0.2, 0) is 10.8 Å². The van der Waals surface area contributed by atoms with E-state index >= 15 is 0 Å². The molecule has 2 aliphatic heterocycles. The first-order valence-corrected chi connectivity index (χ1v) is 33.2. The highest BCUT2D eigenvalue weighted by Crippen LogP contribution is 2.56. The van der Waals surface area contributed by atoms with Gasteiger partial charge in [0.1, 0.15) is 22.3 Å². The van der Waals surface area contributed by atoms with E-state index in [1.807, 2.05) is 161 Å². The molecule has 1 aliphatic carbocycles. The van der Waals surface area contributed by atoms with E-state index in [9.17, 15) is 21.9 Å². The lowest BCUT2D eigenvalue weighted by molar-refractivity contribution is 0.444. The molecule has 0 amide bonds. The summed E-state index contributed by atoms with van der Waals surface area (Å²) in [5.41, 5.74) is 8.39. The maximum Gasteiger partial charge on any atom is 0.252 e. The first kappa shape index (κ1) is 41.2. The molecule has 18 rings (SSSR count).